The third kappa shape index (κ3) is 5.61. The molecule has 4 heterocycles. The van der Waals surface area contributed by atoms with Crippen LogP contribution >= 0.6 is 11.3 Å². The van der Waals surface area contributed by atoms with Gasteiger partial charge in [-0.05, 0) is 91.6 Å². The zero-order chi connectivity index (χ0) is 31.8. The Morgan fingerprint density at radius 3 is 2.35 bits per heavy atom. The predicted molar refractivity (Wildman–Crippen MR) is 182 cm³/mol. The van der Waals surface area contributed by atoms with Crippen LogP contribution in [0.25, 0.3) is 43.6 Å². The molecule has 238 valence electrons. The number of carboxylic acid groups (broad SMARTS) is 1. The first-order chi connectivity index (χ1) is 22.4. The van der Waals surface area contributed by atoms with Crippen LogP contribution < -0.4 is 9.47 Å². The van der Waals surface area contributed by atoms with Crippen molar-refractivity contribution < 1.29 is 24.2 Å². The van der Waals surface area contributed by atoms with Gasteiger partial charge in [0.1, 0.15) is 11.4 Å². The molecule has 0 unspecified atom stereocenters. The van der Waals surface area contributed by atoms with Gasteiger partial charge in [-0.2, -0.15) is 0 Å². The van der Waals surface area contributed by atoms with Crippen LogP contribution in [0, 0.1) is 0 Å². The Kier molecular flexibility index (Phi) is 8.42. The average Bonchev–Trinajstić information content (AvgIpc) is 3.66. The van der Waals surface area contributed by atoms with Crippen molar-refractivity contribution in [3.63, 3.8) is 0 Å². The van der Waals surface area contributed by atoms with Crippen LogP contribution in [0.4, 0.5) is 0 Å². The van der Waals surface area contributed by atoms with Gasteiger partial charge >= 0.3 is 5.97 Å². The van der Waals surface area contributed by atoms with E-state index < -0.39 is 5.97 Å². The number of pyridine rings is 1. The number of fused-ring (bicyclic) bond motifs is 2. The van der Waals surface area contributed by atoms with E-state index in [0.717, 1.165) is 102 Å². The number of amides is 1. The molecule has 1 saturated carbocycles. The molecular formula is C37H39N3O5S. The van der Waals surface area contributed by atoms with Crippen molar-refractivity contribution in [2.45, 2.75) is 63.8 Å². The van der Waals surface area contributed by atoms with Crippen LogP contribution in [0.1, 0.15) is 72.5 Å². The highest BCUT2D eigenvalue weighted by atomic mass is 32.1. The largest absolute Gasteiger partial charge is 0.493 e. The average molecular weight is 638 g/mol. The highest BCUT2D eigenvalue weighted by Gasteiger charge is 2.30. The SMILES string of the molecule is COc1ccc(-c2ccc3cc(-c4c(C5CCCCC5)c5sc(C(=O)O)cc5n4CC(=O)N4CCCCC4)ccc3n2)cc1OC. The number of benzene rings is 2. The monoisotopic (exact) mass is 637 g/mol. The van der Waals surface area contributed by atoms with Gasteiger partial charge in [0.15, 0.2) is 11.5 Å². The van der Waals surface area contributed by atoms with Crippen molar-refractivity contribution in [3.05, 3.63) is 65.0 Å². The number of rotatable bonds is 8. The maximum atomic E-state index is 13.8. The fraction of sp³-hybridized carbons (Fsp3) is 0.378. The number of nitrogens with zero attached hydrogens (tertiary/aromatic N) is 3. The number of piperidine rings is 1. The van der Waals surface area contributed by atoms with Crippen molar-refractivity contribution in [2.75, 3.05) is 27.3 Å². The summed E-state index contributed by atoms with van der Waals surface area (Å²) in [5, 5.41) is 11.0. The molecule has 1 amide bonds. The molecule has 2 aromatic carbocycles. The first kappa shape index (κ1) is 30.3. The summed E-state index contributed by atoms with van der Waals surface area (Å²) in [7, 11) is 3.25. The summed E-state index contributed by atoms with van der Waals surface area (Å²) in [6.07, 6.45) is 8.86. The van der Waals surface area contributed by atoms with Crippen molar-refractivity contribution in [1.82, 2.24) is 14.5 Å². The lowest BCUT2D eigenvalue weighted by atomic mass is 9.83. The molecule has 1 aliphatic heterocycles. The molecule has 46 heavy (non-hydrogen) atoms. The van der Waals surface area contributed by atoms with Crippen LogP contribution in [0.2, 0.25) is 0 Å². The number of carboxylic acids is 1. The molecule has 0 bridgehead atoms. The topological polar surface area (TPSA) is 93.9 Å². The van der Waals surface area contributed by atoms with Crippen LogP contribution in [0.5, 0.6) is 11.5 Å². The summed E-state index contributed by atoms with van der Waals surface area (Å²) in [5.41, 5.74) is 6.76. The predicted octanol–water partition coefficient (Wildman–Crippen LogP) is 8.36. The van der Waals surface area contributed by atoms with Crippen LogP contribution in [0.3, 0.4) is 0 Å². The zero-order valence-electron chi connectivity index (χ0n) is 26.4. The minimum atomic E-state index is -0.923. The van der Waals surface area contributed by atoms with Gasteiger partial charge in [-0.25, -0.2) is 9.78 Å². The van der Waals surface area contributed by atoms with Crippen LogP contribution in [0.15, 0.2) is 54.6 Å². The standard InChI is InChI=1S/C37H39N3O5S/c1-44-30-16-13-25(20-31(30)45-2)28-14-11-24-19-26(12-15-27(24)38-28)35-34(23-9-5-3-6-10-23)36-29(21-32(46-36)37(42)43)40(35)22-33(41)39-17-7-4-8-18-39/h11-16,19-21,23H,3-10,17-18,22H2,1-2H3,(H,42,43). The fourth-order valence-corrected chi connectivity index (χ4v) is 8.43. The molecule has 0 spiro atoms. The van der Waals surface area contributed by atoms with Crippen molar-refractivity contribution in [2.24, 2.45) is 0 Å². The number of ether oxygens (including phenoxy) is 2. The lowest BCUT2D eigenvalue weighted by Crippen LogP contribution is -2.37. The molecule has 5 aromatic rings. The Balaban J connectivity index is 1.36. The van der Waals surface area contributed by atoms with Crippen molar-refractivity contribution in [3.8, 4) is 34.0 Å². The van der Waals surface area contributed by atoms with Crippen molar-refractivity contribution in [1.29, 1.82) is 0 Å². The van der Waals surface area contributed by atoms with Gasteiger partial charge in [0, 0.05) is 24.0 Å². The second-order valence-corrected chi connectivity index (χ2v) is 13.5. The minimum Gasteiger partial charge on any atom is -0.493 e. The summed E-state index contributed by atoms with van der Waals surface area (Å²) in [5.74, 6) is 0.812. The van der Waals surface area contributed by atoms with Gasteiger partial charge < -0.3 is 24.0 Å². The van der Waals surface area contributed by atoms with E-state index in [2.05, 4.69) is 28.8 Å². The molecule has 0 radical (unpaired) electrons. The smallest absolute Gasteiger partial charge is 0.345 e. The molecule has 7 rings (SSSR count). The van der Waals surface area contributed by atoms with E-state index in [0.29, 0.717) is 22.3 Å². The maximum Gasteiger partial charge on any atom is 0.345 e. The molecular weight excluding hydrogens is 598 g/mol. The highest BCUT2D eigenvalue weighted by molar-refractivity contribution is 7.21. The molecule has 0 atom stereocenters. The number of carbonyl (C=O) groups excluding carboxylic acids is 1. The summed E-state index contributed by atoms with van der Waals surface area (Å²) in [4.78, 5) is 33.2. The van der Waals surface area contributed by atoms with E-state index in [9.17, 15) is 14.7 Å². The number of aromatic carboxylic acids is 1. The molecule has 1 N–H and O–H groups in total. The Morgan fingerprint density at radius 1 is 0.870 bits per heavy atom. The first-order valence-corrected chi connectivity index (χ1v) is 17.1. The normalized spacial score (nSPS) is 15.8. The second kappa shape index (κ2) is 12.8. The van der Waals surface area contributed by atoms with Gasteiger partial charge in [0.05, 0.1) is 41.3 Å². The molecule has 1 aliphatic carbocycles. The lowest BCUT2D eigenvalue weighted by Gasteiger charge is -2.28. The van der Waals surface area contributed by atoms with Crippen LogP contribution in [-0.4, -0.2) is 58.7 Å². The quantitative estimate of drug-likeness (QED) is 0.184. The molecule has 3 aromatic heterocycles. The van der Waals surface area contributed by atoms with E-state index in [-0.39, 0.29) is 12.5 Å². The zero-order valence-corrected chi connectivity index (χ0v) is 27.2. The molecule has 9 heteroatoms. The van der Waals surface area contributed by atoms with Gasteiger partial charge in [-0.1, -0.05) is 31.4 Å². The number of hydrogen-bond donors (Lipinski definition) is 1. The first-order valence-electron chi connectivity index (χ1n) is 16.3. The third-order valence-corrected chi connectivity index (χ3v) is 10.8. The van der Waals surface area contributed by atoms with E-state index in [1.165, 1.54) is 23.3 Å². The number of thiophene rings is 1. The lowest BCUT2D eigenvalue weighted by molar-refractivity contribution is -0.132. The van der Waals surface area contributed by atoms with Gasteiger partial charge in [0.2, 0.25) is 5.91 Å². The van der Waals surface area contributed by atoms with Gasteiger partial charge in [0.25, 0.3) is 0 Å². The second-order valence-electron chi connectivity index (χ2n) is 12.4. The summed E-state index contributed by atoms with van der Waals surface area (Å²) >= 11 is 1.35. The molecule has 1 saturated heterocycles. The molecule has 2 aliphatic rings. The summed E-state index contributed by atoms with van der Waals surface area (Å²) in [6, 6.07) is 18.0. The minimum absolute atomic E-state index is 0.0955. The fourth-order valence-electron chi connectivity index (χ4n) is 7.31. The Labute approximate surface area is 272 Å². The number of methoxy groups -OCH3 is 2. The highest BCUT2D eigenvalue weighted by Crippen LogP contribution is 2.47. The number of hydrogen-bond acceptors (Lipinski definition) is 6. The number of likely N-dealkylation sites (tertiary alicyclic amines) is 1. The Morgan fingerprint density at radius 2 is 1.61 bits per heavy atom. The van der Waals surface area contributed by atoms with Gasteiger partial charge in [-0.3, -0.25) is 4.79 Å². The van der Waals surface area contributed by atoms with Crippen LogP contribution in [-0.2, 0) is 11.3 Å². The Bertz CT molecular complexity index is 1930. The number of aromatic nitrogens is 2. The van der Waals surface area contributed by atoms with Crippen molar-refractivity contribution >= 4 is 44.3 Å². The van der Waals surface area contributed by atoms with E-state index in [4.69, 9.17) is 14.5 Å². The summed E-state index contributed by atoms with van der Waals surface area (Å²) in [6.45, 7) is 1.76. The molecule has 8 nitrogen and oxygen atoms in total. The Hall–Kier alpha value is -4.37. The van der Waals surface area contributed by atoms with E-state index in [1.54, 1.807) is 20.3 Å². The maximum absolute atomic E-state index is 13.8. The van der Waals surface area contributed by atoms with E-state index >= 15 is 0 Å². The molecule has 2 fully saturated rings. The third-order valence-electron chi connectivity index (χ3n) is 9.64. The van der Waals surface area contributed by atoms with Gasteiger partial charge in [-0.15, -0.1) is 11.3 Å². The number of carbonyl (C=O) groups is 2. The van der Waals surface area contributed by atoms with E-state index in [1.807, 2.05) is 29.2 Å². The summed E-state index contributed by atoms with van der Waals surface area (Å²) < 4.78 is 14.0.